The van der Waals surface area contributed by atoms with Crippen LogP contribution in [0.4, 0.5) is 26.3 Å². The maximum Gasteiger partial charge on any atom is 0.573 e. The number of hydrogen-bond acceptors (Lipinski definition) is 12. The summed E-state index contributed by atoms with van der Waals surface area (Å²) in [5, 5.41) is 12.7. The number of rotatable bonds is 8. The molecule has 0 aliphatic carbocycles. The highest BCUT2D eigenvalue weighted by molar-refractivity contribution is 5.92. The van der Waals surface area contributed by atoms with Crippen molar-refractivity contribution in [3.8, 4) is 23.0 Å². The Morgan fingerprint density at radius 1 is 0.589 bits per heavy atom. The molecule has 0 spiro atoms. The van der Waals surface area contributed by atoms with E-state index in [4.69, 9.17) is 19.1 Å². The third kappa shape index (κ3) is 10.8. The Morgan fingerprint density at radius 3 is 1.21 bits per heavy atom. The summed E-state index contributed by atoms with van der Waals surface area (Å²) >= 11 is 0. The molecule has 2 aromatic carbocycles. The highest BCUT2D eigenvalue weighted by Crippen LogP contribution is 2.38. The lowest BCUT2D eigenvalue weighted by molar-refractivity contribution is -0.275. The molecule has 0 fully saturated rings. The van der Waals surface area contributed by atoms with Crippen LogP contribution in [0.15, 0.2) is 95.5 Å². The number of alkyl halides is 6. The van der Waals surface area contributed by atoms with E-state index in [0.29, 0.717) is 22.6 Å². The molecule has 14 nitrogen and oxygen atoms in total. The monoisotopic (exact) mass is 790 g/mol. The van der Waals surface area contributed by atoms with E-state index < -0.39 is 23.9 Å². The summed E-state index contributed by atoms with van der Waals surface area (Å²) in [6.07, 6.45) is -6.23. The Hall–Kier alpha value is -6.60. The Balaban J connectivity index is 0.000000214. The summed E-state index contributed by atoms with van der Waals surface area (Å²) in [5.41, 5.74) is -0.103. The van der Waals surface area contributed by atoms with Gasteiger partial charge in [0.25, 0.3) is 11.8 Å². The first kappa shape index (κ1) is 40.6. The fourth-order valence-electron chi connectivity index (χ4n) is 5.13. The molecule has 0 bridgehead atoms. The zero-order valence-corrected chi connectivity index (χ0v) is 29.8. The average Bonchev–Trinajstić information content (AvgIpc) is 3.73. The summed E-state index contributed by atoms with van der Waals surface area (Å²) in [5.74, 6) is -0.00570. The summed E-state index contributed by atoms with van der Waals surface area (Å²) < 4.78 is 92.5. The van der Waals surface area contributed by atoms with Gasteiger partial charge in [0, 0.05) is 14.1 Å². The van der Waals surface area contributed by atoms with Crippen molar-refractivity contribution in [1.82, 2.24) is 20.6 Å². The first-order valence-electron chi connectivity index (χ1n) is 16.3. The van der Waals surface area contributed by atoms with Gasteiger partial charge in [0.2, 0.25) is 11.8 Å². The molecule has 2 aliphatic heterocycles. The molecule has 0 unspecified atom stereocenters. The fraction of sp³-hybridized carbons (Fsp3) is 0.278. The molecule has 20 heteroatoms. The number of pyridine rings is 2. The third-order valence-corrected chi connectivity index (χ3v) is 7.94. The van der Waals surface area contributed by atoms with Gasteiger partial charge in [-0.1, -0.05) is 34.6 Å². The predicted octanol–water partition coefficient (Wildman–Crippen LogP) is 6.74. The molecular weight excluding hydrogens is 758 g/mol. The van der Waals surface area contributed by atoms with Crippen LogP contribution in [0.5, 0.6) is 23.0 Å². The molecule has 2 N–H and O–H groups in total. The number of aromatic nitrogens is 2. The molecule has 0 saturated carbocycles. The van der Waals surface area contributed by atoms with E-state index in [9.17, 15) is 35.9 Å². The van der Waals surface area contributed by atoms with E-state index >= 15 is 0 Å². The summed E-state index contributed by atoms with van der Waals surface area (Å²) in [4.78, 5) is 41.8. The quantitative estimate of drug-likeness (QED) is 0.183. The van der Waals surface area contributed by atoms with Crippen LogP contribution in [0.1, 0.15) is 58.8 Å². The van der Waals surface area contributed by atoms with E-state index in [0.717, 1.165) is 0 Å². The number of ether oxygens (including phenoxy) is 4. The third-order valence-electron chi connectivity index (χ3n) is 7.94. The standard InChI is InChI=1S/2C18H16F3N3O4/c2*1-17(11-3-5-12(6-4-11)27-18(19,20)21)9-15(24-28-17)26-13-7-8-14(23-10-13)16(25)22-2/h2*3-8,10H,9H2,1-2H3,(H,22,25)/t2*17-/m10/s1. The van der Waals surface area contributed by atoms with Crippen molar-refractivity contribution in [3.05, 3.63) is 108 Å². The number of oxime groups is 2. The molecule has 296 valence electrons. The van der Waals surface area contributed by atoms with Gasteiger partial charge in [0.15, 0.2) is 11.2 Å². The van der Waals surface area contributed by atoms with Crippen LogP contribution in [0.3, 0.4) is 0 Å². The van der Waals surface area contributed by atoms with Crippen LogP contribution in [0.25, 0.3) is 0 Å². The highest BCUT2D eigenvalue weighted by atomic mass is 19.4. The van der Waals surface area contributed by atoms with Crippen molar-refractivity contribution in [2.45, 2.75) is 50.6 Å². The van der Waals surface area contributed by atoms with Gasteiger partial charge in [-0.15, -0.1) is 26.3 Å². The fourth-order valence-corrected chi connectivity index (χ4v) is 5.13. The molecule has 0 saturated heterocycles. The number of nitrogens with one attached hydrogen (secondary N) is 2. The van der Waals surface area contributed by atoms with Crippen molar-refractivity contribution in [3.63, 3.8) is 0 Å². The van der Waals surface area contributed by atoms with Gasteiger partial charge in [0.1, 0.15) is 34.4 Å². The smallest absolute Gasteiger partial charge is 0.438 e. The van der Waals surface area contributed by atoms with Crippen LogP contribution in [0, 0.1) is 0 Å². The molecule has 0 radical (unpaired) electrons. The van der Waals surface area contributed by atoms with Crippen LogP contribution in [-0.2, 0) is 20.9 Å². The number of hydrogen-bond donors (Lipinski definition) is 2. The maximum atomic E-state index is 12.3. The second-order valence-electron chi connectivity index (χ2n) is 12.2. The molecular formula is C36H32F6N6O8. The molecule has 2 aromatic heterocycles. The van der Waals surface area contributed by atoms with Gasteiger partial charge < -0.3 is 39.3 Å². The number of amides is 2. The summed E-state index contributed by atoms with van der Waals surface area (Å²) in [6, 6.07) is 16.9. The minimum Gasteiger partial charge on any atom is -0.438 e. The van der Waals surface area contributed by atoms with Crippen molar-refractivity contribution in [2.24, 2.45) is 10.3 Å². The van der Waals surface area contributed by atoms with Crippen LogP contribution >= 0.6 is 0 Å². The van der Waals surface area contributed by atoms with Crippen molar-refractivity contribution in [2.75, 3.05) is 14.1 Å². The van der Waals surface area contributed by atoms with E-state index in [1.807, 2.05) is 0 Å². The number of benzene rings is 2. The van der Waals surface area contributed by atoms with Gasteiger partial charge in [0.05, 0.1) is 25.2 Å². The number of nitrogens with zero attached hydrogens (tertiary/aromatic N) is 4. The highest BCUT2D eigenvalue weighted by Gasteiger charge is 2.39. The number of carbonyl (C=O) groups excluding carboxylic acids is 2. The van der Waals surface area contributed by atoms with Gasteiger partial charge in [-0.2, -0.15) is 0 Å². The normalized spacial score (nSPS) is 18.8. The Labute approximate surface area is 314 Å². The van der Waals surface area contributed by atoms with Crippen LogP contribution in [0.2, 0.25) is 0 Å². The zero-order valence-electron chi connectivity index (χ0n) is 29.8. The maximum absolute atomic E-state index is 12.3. The lowest BCUT2D eigenvalue weighted by Gasteiger charge is -2.21. The second kappa shape index (κ2) is 16.4. The Bertz CT molecular complexity index is 1910. The van der Waals surface area contributed by atoms with E-state index in [2.05, 4.69) is 40.4 Å². The predicted molar refractivity (Wildman–Crippen MR) is 184 cm³/mol. The van der Waals surface area contributed by atoms with Gasteiger partial charge >= 0.3 is 12.7 Å². The zero-order chi connectivity index (χ0) is 40.7. The van der Waals surface area contributed by atoms with E-state index in [1.165, 1.54) is 87.2 Å². The molecule has 2 amide bonds. The number of halogens is 6. The molecule has 4 aromatic rings. The largest absolute Gasteiger partial charge is 0.573 e. The minimum absolute atomic E-state index is 0.241. The first-order chi connectivity index (χ1) is 26.4. The minimum atomic E-state index is -4.75. The first-order valence-corrected chi connectivity index (χ1v) is 16.3. The topological polar surface area (TPSA) is 164 Å². The van der Waals surface area contributed by atoms with Crippen molar-refractivity contribution >= 4 is 23.6 Å². The SMILES string of the molecule is CNC(=O)c1ccc(OC2=NO[C@@](C)(c3ccc(OC(F)(F)F)cc3)C2)cn1.CNC(=O)c1ccc(OC2=NO[C@](C)(c3ccc(OC(F)(F)F)cc3)C2)cn1. The van der Waals surface area contributed by atoms with Crippen LogP contribution < -0.4 is 29.6 Å². The van der Waals surface area contributed by atoms with E-state index in [1.54, 1.807) is 26.0 Å². The second-order valence-corrected chi connectivity index (χ2v) is 12.2. The Morgan fingerprint density at radius 2 is 0.929 bits per heavy atom. The lowest BCUT2D eigenvalue weighted by atomic mass is 9.93. The van der Waals surface area contributed by atoms with E-state index in [-0.39, 0.29) is 59.3 Å². The molecule has 56 heavy (non-hydrogen) atoms. The lowest BCUT2D eigenvalue weighted by Crippen LogP contribution is -2.23. The van der Waals surface area contributed by atoms with Crippen LogP contribution in [-0.4, -0.2) is 60.4 Å². The molecule has 2 aliphatic rings. The van der Waals surface area contributed by atoms with Crippen molar-refractivity contribution < 1.29 is 64.6 Å². The summed E-state index contributed by atoms with van der Waals surface area (Å²) in [7, 11) is 3.00. The van der Waals surface area contributed by atoms with Crippen molar-refractivity contribution in [1.29, 1.82) is 0 Å². The van der Waals surface area contributed by atoms with Gasteiger partial charge in [-0.05, 0) is 73.5 Å². The molecule has 2 atom stereocenters. The average molecular weight is 791 g/mol. The van der Waals surface area contributed by atoms with Gasteiger partial charge in [-0.3, -0.25) is 9.59 Å². The molecule has 4 heterocycles. The molecule has 6 rings (SSSR count). The van der Waals surface area contributed by atoms with Gasteiger partial charge in [-0.25, -0.2) is 9.97 Å². The Kier molecular flexibility index (Phi) is 11.9. The number of carbonyl (C=O) groups is 2. The summed E-state index contributed by atoms with van der Waals surface area (Å²) in [6.45, 7) is 3.47.